The number of carbonyl (C=O) groups excluding carboxylic acids is 2. The molecule has 9 heteroatoms. The van der Waals surface area contributed by atoms with Crippen LogP contribution in [-0.4, -0.2) is 45.4 Å². The zero-order valence-electron chi connectivity index (χ0n) is 19.5. The van der Waals surface area contributed by atoms with Crippen molar-refractivity contribution in [2.75, 3.05) is 12.8 Å². The maximum Gasteiger partial charge on any atom is 0.251 e. The summed E-state index contributed by atoms with van der Waals surface area (Å²) in [4.78, 5) is 25.5. The molecule has 1 aromatic carbocycles. The van der Waals surface area contributed by atoms with Gasteiger partial charge in [-0.15, -0.1) is 10.2 Å². The third-order valence-corrected chi connectivity index (χ3v) is 6.21. The van der Waals surface area contributed by atoms with Gasteiger partial charge in [0.05, 0.1) is 0 Å². The lowest BCUT2D eigenvalue weighted by atomic mass is 9.97. The van der Waals surface area contributed by atoms with E-state index in [1.807, 2.05) is 20.1 Å². The Morgan fingerprint density at radius 2 is 1.84 bits per heavy atom. The Kier molecular flexibility index (Phi) is 10.5. The van der Waals surface area contributed by atoms with Gasteiger partial charge in [-0.3, -0.25) is 9.59 Å². The van der Waals surface area contributed by atoms with Gasteiger partial charge in [-0.25, -0.2) is 0 Å². The molecular weight excluding hydrogens is 446 g/mol. The van der Waals surface area contributed by atoms with Crippen LogP contribution in [0.1, 0.15) is 56.7 Å². The largest absolute Gasteiger partial charge is 0.354 e. The van der Waals surface area contributed by atoms with Crippen LogP contribution in [0.15, 0.2) is 29.4 Å². The smallest absolute Gasteiger partial charge is 0.251 e. The van der Waals surface area contributed by atoms with Crippen molar-refractivity contribution < 1.29 is 9.59 Å². The third kappa shape index (κ3) is 7.52. The Morgan fingerprint density at radius 3 is 2.44 bits per heavy atom. The van der Waals surface area contributed by atoms with Crippen LogP contribution < -0.4 is 10.6 Å². The Labute approximate surface area is 200 Å². The molecule has 2 aromatic rings. The standard InChI is InChI=1S/C23H34ClN5O2S/c1-6-16(4)20(26-21(30)17-9-11-18(24)12-10-17)22(31)25-13-7-8-19-27-28-23(32-5)29(19)14-15(2)3/h9-12,15-16,20H,6-8,13-14H2,1-5H3,(H,25,31)(H,26,30). The van der Waals surface area contributed by atoms with Crippen molar-refractivity contribution in [1.82, 2.24) is 25.4 Å². The topological polar surface area (TPSA) is 88.9 Å². The number of carbonyl (C=O) groups is 2. The molecule has 1 heterocycles. The van der Waals surface area contributed by atoms with Crippen molar-refractivity contribution in [3.63, 3.8) is 0 Å². The van der Waals surface area contributed by atoms with Gasteiger partial charge in [0.25, 0.3) is 5.91 Å². The number of nitrogens with one attached hydrogen (secondary N) is 2. The van der Waals surface area contributed by atoms with E-state index in [4.69, 9.17) is 11.6 Å². The van der Waals surface area contributed by atoms with Crippen LogP contribution in [0.2, 0.25) is 5.02 Å². The fourth-order valence-corrected chi connectivity index (χ4v) is 3.95. The van der Waals surface area contributed by atoms with Crippen LogP contribution in [0.5, 0.6) is 0 Å². The molecule has 0 aliphatic heterocycles. The molecule has 2 N–H and O–H groups in total. The van der Waals surface area contributed by atoms with Gasteiger partial charge in [0.15, 0.2) is 5.16 Å². The van der Waals surface area contributed by atoms with Gasteiger partial charge in [-0.2, -0.15) is 0 Å². The van der Waals surface area contributed by atoms with E-state index in [-0.39, 0.29) is 17.7 Å². The number of aryl methyl sites for hydroxylation is 1. The highest BCUT2D eigenvalue weighted by atomic mass is 35.5. The average molecular weight is 480 g/mol. The minimum Gasteiger partial charge on any atom is -0.354 e. The second-order valence-corrected chi connectivity index (χ2v) is 9.56. The minimum atomic E-state index is -0.601. The van der Waals surface area contributed by atoms with Gasteiger partial charge in [-0.05, 0) is 48.8 Å². The van der Waals surface area contributed by atoms with E-state index in [1.54, 1.807) is 36.0 Å². The first-order valence-corrected chi connectivity index (χ1v) is 12.7. The number of amides is 2. The lowest BCUT2D eigenvalue weighted by Crippen LogP contribution is -2.50. The zero-order chi connectivity index (χ0) is 23.7. The summed E-state index contributed by atoms with van der Waals surface area (Å²) in [6.45, 7) is 9.68. The lowest BCUT2D eigenvalue weighted by molar-refractivity contribution is -0.124. The number of benzene rings is 1. The Morgan fingerprint density at radius 1 is 1.16 bits per heavy atom. The molecule has 0 saturated heterocycles. The molecule has 0 radical (unpaired) electrons. The quantitative estimate of drug-likeness (QED) is 0.351. The summed E-state index contributed by atoms with van der Waals surface area (Å²) in [6.07, 6.45) is 4.24. The average Bonchev–Trinajstić information content (AvgIpc) is 3.15. The van der Waals surface area contributed by atoms with Gasteiger partial charge >= 0.3 is 0 Å². The predicted molar refractivity (Wildman–Crippen MR) is 130 cm³/mol. The molecule has 0 saturated carbocycles. The van der Waals surface area contributed by atoms with E-state index in [0.29, 0.717) is 23.0 Å². The first kappa shape index (κ1) is 26.2. The molecule has 0 fully saturated rings. The summed E-state index contributed by atoms with van der Waals surface area (Å²) in [7, 11) is 0. The molecule has 2 rings (SSSR count). The highest BCUT2D eigenvalue weighted by molar-refractivity contribution is 7.98. The summed E-state index contributed by atoms with van der Waals surface area (Å²) in [6, 6.07) is 6.03. The van der Waals surface area contributed by atoms with Crippen LogP contribution in [-0.2, 0) is 17.8 Å². The fourth-order valence-electron chi connectivity index (χ4n) is 3.30. The summed E-state index contributed by atoms with van der Waals surface area (Å²) >= 11 is 7.49. The number of hydrogen-bond acceptors (Lipinski definition) is 5. The van der Waals surface area contributed by atoms with Crippen LogP contribution in [0.4, 0.5) is 0 Å². The second kappa shape index (κ2) is 12.8. The number of thioether (sulfide) groups is 1. The number of nitrogens with zero attached hydrogens (tertiary/aromatic N) is 3. The summed E-state index contributed by atoms with van der Waals surface area (Å²) in [5, 5.41) is 15.9. The maximum atomic E-state index is 12.9. The SMILES string of the molecule is CCC(C)C(NC(=O)c1ccc(Cl)cc1)C(=O)NCCCc1nnc(SC)n1CC(C)C. The Balaban J connectivity index is 1.93. The van der Waals surface area contributed by atoms with E-state index < -0.39 is 6.04 Å². The van der Waals surface area contributed by atoms with Crippen molar-refractivity contribution in [2.24, 2.45) is 11.8 Å². The van der Waals surface area contributed by atoms with Crippen molar-refractivity contribution in [1.29, 1.82) is 0 Å². The second-order valence-electron chi connectivity index (χ2n) is 8.35. The van der Waals surface area contributed by atoms with Crippen molar-refractivity contribution >= 4 is 35.2 Å². The van der Waals surface area contributed by atoms with Crippen LogP contribution in [0, 0.1) is 11.8 Å². The number of aromatic nitrogens is 3. The molecule has 0 aliphatic rings. The Bertz CT molecular complexity index is 885. The molecule has 2 amide bonds. The van der Waals surface area contributed by atoms with E-state index in [0.717, 1.165) is 36.8 Å². The number of halogens is 1. The van der Waals surface area contributed by atoms with E-state index >= 15 is 0 Å². The summed E-state index contributed by atoms with van der Waals surface area (Å²) < 4.78 is 2.16. The van der Waals surface area contributed by atoms with Crippen LogP contribution in [0.25, 0.3) is 0 Å². The molecule has 0 spiro atoms. The van der Waals surface area contributed by atoms with E-state index in [1.165, 1.54) is 0 Å². The third-order valence-electron chi connectivity index (χ3n) is 5.29. The molecule has 7 nitrogen and oxygen atoms in total. The molecule has 32 heavy (non-hydrogen) atoms. The molecule has 2 unspecified atom stereocenters. The molecule has 176 valence electrons. The maximum absolute atomic E-state index is 12.9. The van der Waals surface area contributed by atoms with Gasteiger partial charge in [0, 0.05) is 30.1 Å². The Hall–Kier alpha value is -2.06. The first-order chi connectivity index (χ1) is 15.3. The predicted octanol–water partition coefficient (Wildman–Crippen LogP) is 4.20. The van der Waals surface area contributed by atoms with Gasteiger partial charge < -0.3 is 15.2 Å². The zero-order valence-corrected chi connectivity index (χ0v) is 21.1. The highest BCUT2D eigenvalue weighted by Gasteiger charge is 2.26. The normalized spacial score (nSPS) is 13.1. The highest BCUT2D eigenvalue weighted by Crippen LogP contribution is 2.17. The lowest BCUT2D eigenvalue weighted by Gasteiger charge is -2.23. The van der Waals surface area contributed by atoms with Crippen molar-refractivity contribution in [3.05, 3.63) is 40.7 Å². The number of rotatable bonds is 12. The van der Waals surface area contributed by atoms with Crippen LogP contribution >= 0.6 is 23.4 Å². The number of hydrogen-bond donors (Lipinski definition) is 2. The monoisotopic (exact) mass is 479 g/mol. The van der Waals surface area contributed by atoms with E-state index in [9.17, 15) is 9.59 Å². The molecule has 0 aliphatic carbocycles. The minimum absolute atomic E-state index is 0.00419. The molecule has 2 atom stereocenters. The van der Waals surface area contributed by atoms with Gasteiger partial charge in [0.2, 0.25) is 5.91 Å². The summed E-state index contributed by atoms with van der Waals surface area (Å²) in [5.41, 5.74) is 0.476. The van der Waals surface area contributed by atoms with Gasteiger partial charge in [-0.1, -0.05) is 57.5 Å². The van der Waals surface area contributed by atoms with E-state index in [2.05, 4.69) is 39.2 Å². The van der Waals surface area contributed by atoms with Crippen LogP contribution in [0.3, 0.4) is 0 Å². The van der Waals surface area contributed by atoms with Crippen molar-refractivity contribution in [3.8, 4) is 0 Å². The molecule has 0 bridgehead atoms. The summed E-state index contributed by atoms with van der Waals surface area (Å²) in [5.74, 6) is 0.982. The first-order valence-electron chi connectivity index (χ1n) is 11.1. The molecule has 1 aromatic heterocycles. The van der Waals surface area contributed by atoms with Crippen molar-refractivity contribution in [2.45, 2.75) is 64.7 Å². The van der Waals surface area contributed by atoms with Gasteiger partial charge in [0.1, 0.15) is 11.9 Å². The molecular formula is C23H34ClN5O2S. The fraction of sp³-hybridized carbons (Fsp3) is 0.565.